The molecule has 7 rings (SSSR count). The summed E-state index contributed by atoms with van der Waals surface area (Å²) >= 11 is 3.51. The van der Waals surface area contributed by atoms with Gasteiger partial charge in [0.05, 0.1) is 30.6 Å². The highest BCUT2D eigenvalue weighted by Gasteiger charge is 2.45. The molecule has 4 N–H and O–H groups in total. The standard InChI is InChI=1S/C24H26FN9O10P2S/c25-13-6-19(34-14-3-1-2-12(22(26)35)20(14)30-31-34)42-16(13)8-40-45(36,37)44-15-7-18(43-17(15)9-41-46(38,39)47)33-11-28-21-23-27-4-5-32(23)10-29-24(21)33/h1-5,10-11,13,15-19H,6-9H2,(H2,26,35)(H,36,37)(H2,38,39,47)/t13-,15-,16+,17+,18+,19+/m0/s1. The molecule has 0 bridgehead atoms. The number of benzene rings is 1. The fraction of sp³-hybridized carbons (Fsp3) is 0.417. The Kier molecular flexibility index (Phi) is 8.40. The van der Waals surface area contributed by atoms with E-state index >= 15 is 4.39 Å². The van der Waals surface area contributed by atoms with Crippen molar-refractivity contribution < 1.29 is 51.1 Å². The van der Waals surface area contributed by atoms with Crippen LogP contribution in [-0.2, 0) is 32.2 Å². The van der Waals surface area contributed by atoms with E-state index in [-0.39, 0.29) is 23.9 Å². The van der Waals surface area contributed by atoms with E-state index in [0.29, 0.717) is 22.3 Å². The van der Waals surface area contributed by atoms with Crippen molar-refractivity contribution in [2.45, 2.75) is 49.8 Å². The average Bonchev–Trinajstić information content (AvgIpc) is 3.83. The zero-order valence-electron chi connectivity index (χ0n) is 23.9. The minimum Gasteiger partial charge on any atom is -0.366 e. The molecule has 250 valence electrons. The zero-order chi connectivity index (χ0) is 33.1. The van der Waals surface area contributed by atoms with Crippen LogP contribution in [0.1, 0.15) is 35.7 Å². The molecule has 0 saturated carbocycles. The number of carbonyl (C=O) groups is 1. The van der Waals surface area contributed by atoms with Crippen LogP contribution in [0.2, 0.25) is 0 Å². The summed E-state index contributed by atoms with van der Waals surface area (Å²) in [6.07, 6.45) is -1.07. The van der Waals surface area contributed by atoms with Gasteiger partial charge in [-0.1, -0.05) is 23.5 Å². The second-order valence-corrected chi connectivity index (χ2v) is 14.9. The van der Waals surface area contributed by atoms with E-state index in [1.807, 2.05) is 0 Å². The summed E-state index contributed by atoms with van der Waals surface area (Å²) in [4.78, 5) is 44.9. The van der Waals surface area contributed by atoms with Crippen LogP contribution in [-0.4, -0.2) is 92.3 Å². The number of ether oxygens (including phenoxy) is 2. The highest BCUT2D eigenvalue weighted by molar-refractivity contribution is 8.44. The van der Waals surface area contributed by atoms with Crippen LogP contribution in [0.15, 0.2) is 43.2 Å². The number of rotatable bonds is 11. The van der Waals surface area contributed by atoms with Crippen molar-refractivity contribution in [1.29, 1.82) is 0 Å². The summed E-state index contributed by atoms with van der Waals surface area (Å²) in [5.74, 6) is -0.710. The van der Waals surface area contributed by atoms with Gasteiger partial charge < -0.3 is 25.0 Å². The third-order valence-electron chi connectivity index (χ3n) is 7.72. The number of aromatic nitrogens is 8. The molecule has 19 nitrogen and oxygen atoms in total. The molecule has 2 saturated heterocycles. The smallest absolute Gasteiger partial charge is 0.366 e. The van der Waals surface area contributed by atoms with Gasteiger partial charge in [-0.3, -0.25) is 27.3 Å². The van der Waals surface area contributed by atoms with Crippen molar-refractivity contribution in [2.75, 3.05) is 13.2 Å². The van der Waals surface area contributed by atoms with Crippen LogP contribution >= 0.6 is 26.9 Å². The number of nitrogens with zero attached hydrogens (tertiary/aromatic N) is 8. The Morgan fingerprint density at radius 1 is 1.04 bits per heavy atom. The fourth-order valence-electron chi connectivity index (χ4n) is 5.59. The van der Waals surface area contributed by atoms with E-state index in [4.69, 9.17) is 28.8 Å². The monoisotopic (exact) mass is 713 g/mol. The molecule has 1 amide bonds. The number of fused-ring (bicyclic) bond motifs is 4. The Morgan fingerprint density at radius 3 is 2.62 bits per heavy atom. The molecule has 23 heteroatoms. The summed E-state index contributed by atoms with van der Waals surface area (Å²) in [5, 5.41) is 7.95. The second kappa shape index (κ2) is 12.3. The minimum atomic E-state index is -4.91. The highest BCUT2D eigenvalue weighted by atomic mass is 32.7. The third-order valence-corrected chi connectivity index (χ3v) is 9.57. The number of nitrogens with two attached hydrogens (primary N) is 1. The van der Waals surface area contributed by atoms with Gasteiger partial charge in [-0.05, 0) is 12.1 Å². The first-order valence-electron chi connectivity index (χ1n) is 14.0. The van der Waals surface area contributed by atoms with Crippen LogP contribution < -0.4 is 5.73 Å². The van der Waals surface area contributed by atoms with E-state index in [1.54, 1.807) is 33.5 Å². The van der Waals surface area contributed by atoms with Gasteiger partial charge in [-0.2, -0.15) is 0 Å². The highest BCUT2D eigenvalue weighted by Crippen LogP contribution is 2.51. The minimum absolute atomic E-state index is 0.0581. The van der Waals surface area contributed by atoms with Crippen molar-refractivity contribution in [3.63, 3.8) is 0 Å². The van der Waals surface area contributed by atoms with Crippen LogP contribution in [0.3, 0.4) is 0 Å². The predicted molar refractivity (Wildman–Crippen MR) is 160 cm³/mol. The number of alkyl halides is 1. The van der Waals surface area contributed by atoms with E-state index in [1.165, 1.54) is 23.4 Å². The number of phosphoric acid groups is 1. The maximum absolute atomic E-state index is 15.0. The number of hydrogen-bond donors (Lipinski definition) is 4. The van der Waals surface area contributed by atoms with Gasteiger partial charge in [0.15, 0.2) is 23.0 Å². The third kappa shape index (κ3) is 6.43. The topological polar surface area (TPSA) is 243 Å². The molecule has 5 aromatic rings. The number of carbonyl (C=O) groups excluding carboxylic acids is 1. The molecule has 0 aliphatic carbocycles. The summed E-state index contributed by atoms with van der Waals surface area (Å²) < 4.78 is 71.6. The first-order valence-corrected chi connectivity index (χ1v) is 18.2. The maximum atomic E-state index is 15.0. The Labute approximate surface area is 268 Å². The Bertz CT molecular complexity index is 2070. The number of amides is 1. The van der Waals surface area contributed by atoms with Gasteiger partial charge >= 0.3 is 14.6 Å². The largest absolute Gasteiger partial charge is 0.472 e. The number of halogens is 1. The molecule has 0 radical (unpaired) electrons. The quantitative estimate of drug-likeness (QED) is 0.113. The summed E-state index contributed by atoms with van der Waals surface area (Å²) in [5.41, 5.74) is 7.53. The Balaban J connectivity index is 1.04. The normalized spacial score (nSPS) is 27.5. The van der Waals surface area contributed by atoms with Crippen molar-refractivity contribution in [3.05, 3.63) is 48.8 Å². The number of primary amides is 1. The van der Waals surface area contributed by atoms with E-state index in [0.717, 1.165) is 0 Å². The van der Waals surface area contributed by atoms with Gasteiger partial charge in [0.2, 0.25) is 0 Å². The van der Waals surface area contributed by atoms with Gasteiger partial charge in [0.25, 0.3) is 5.91 Å². The molecule has 2 unspecified atom stereocenters. The first-order chi connectivity index (χ1) is 22.4. The lowest BCUT2D eigenvalue weighted by atomic mass is 10.1. The van der Waals surface area contributed by atoms with Gasteiger partial charge in [0.1, 0.15) is 42.6 Å². The Morgan fingerprint density at radius 2 is 1.83 bits per heavy atom. The lowest BCUT2D eigenvalue weighted by Crippen LogP contribution is -2.29. The molecule has 47 heavy (non-hydrogen) atoms. The van der Waals surface area contributed by atoms with E-state index in [2.05, 4.69) is 37.5 Å². The van der Waals surface area contributed by atoms with Crippen molar-refractivity contribution in [3.8, 4) is 0 Å². The van der Waals surface area contributed by atoms with Crippen molar-refractivity contribution >= 4 is 60.6 Å². The summed E-state index contributed by atoms with van der Waals surface area (Å²) in [6, 6.07) is 4.66. The summed E-state index contributed by atoms with van der Waals surface area (Å²) in [6.45, 7) is -5.47. The number of phosphoric ester groups is 1. The van der Waals surface area contributed by atoms with Crippen LogP contribution in [0.25, 0.3) is 27.8 Å². The molecule has 0 spiro atoms. The number of imidazole rings is 2. The second-order valence-electron chi connectivity index (χ2n) is 10.7. The molecule has 4 aromatic heterocycles. The lowest BCUT2D eigenvalue weighted by Gasteiger charge is -2.22. The van der Waals surface area contributed by atoms with E-state index < -0.39 is 70.7 Å². The van der Waals surface area contributed by atoms with Gasteiger partial charge in [0, 0.05) is 25.2 Å². The molecule has 8 atom stereocenters. The van der Waals surface area contributed by atoms with Gasteiger partial charge in [-0.25, -0.2) is 33.2 Å². The molecule has 6 heterocycles. The van der Waals surface area contributed by atoms with Crippen molar-refractivity contribution in [1.82, 2.24) is 38.9 Å². The average molecular weight is 714 g/mol. The SMILES string of the molecule is NC(=O)c1cccc2c1nnn2[C@H]1C[C@H](F)[C@@H](COP(=O)(O)O[C@H]2C[C@H](n3cnc4c3ncn3ccnc43)O[C@@H]2COP(=O)(O)S)O1. The summed E-state index contributed by atoms with van der Waals surface area (Å²) in [7, 11) is -4.91. The number of thiol groups is 1. The maximum Gasteiger partial charge on any atom is 0.472 e. The zero-order valence-corrected chi connectivity index (χ0v) is 26.6. The van der Waals surface area contributed by atoms with E-state index in [9.17, 15) is 23.7 Å². The Hall–Kier alpha value is -3.36. The van der Waals surface area contributed by atoms with Crippen LogP contribution in [0.4, 0.5) is 4.39 Å². The van der Waals surface area contributed by atoms with Crippen LogP contribution in [0.5, 0.6) is 0 Å². The molecular weight excluding hydrogens is 687 g/mol. The lowest BCUT2D eigenvalue weighted by molar-refractivity contribution is -0.0503. The predicted octanol–water partition coefficient (Wildman–Crippen LogP) is 2.08. The number of hydrogen-bond acceptors (Lipinski definition) is 13. The van der Waals surface area contributed by atoms with Crippen molar-refractivity contribution in [2.24, 2.45) is 5.73 Å². The molecular formula is C24H26FN9O10P2S. The molecule has 2 fully saturated rings. The molecule has 1 aromatic carbocycles. The van der Waals surface area contributed by atoms with Crippen LogP contribution in [0, 0.1) is 0 Å². The molecule has 2 aliphatic rings. The van der Waals surface area contributed by atoms with Gasteiger partial charge in [-0.15, -0.1) is 5.10 Å². The fourth-order valence-corrected chi connectivity index (χ4v) is 7.09. The first kappa shape index (κ1) is 32.2. The molecule has 2 aliphatic heterocycles.